The van der Waals surface area contributed by atoms with Crippen molar-refractivity contribution in [3.05, 3.63) is 44.0 Å². The van der Waals surface area contributed by atoms with Crippen LogP contribution in [0, 0.1) is 12.3 Å². The molecule has 1 aromatic carbocycles. The van der Waals surface area contributed by atoms with Crippen LogP contribution in [-0.4, -0.2) is 14.9 Å². The molecule has 0 amide bonds. The molecule has 0 unspecified atom stereocenters. The number of aromatic nitrogens is 2. The summed E-state index contributed by atoms with van der Waals surface area (Å²) in [5, 5.41) is 17.8. The molecule has 1 heterocycles. The number of hydrogen-bond acceptors (Lipinski definition) is 4. The Balaban J connectivity index is 2.47. The third-order valence-electron chi connectivity index (χ3n) is 2.33. The van der Waals surface area contributed by atoms with Crippen LogP contribution in [0.15, 0.2) is 22.7 Å². The monoisotopic (exact) mass is 363 g/mol. The zero-order chi connectivity index (χ0) is 14.2. The number of nitrogens with one attached hydrogen (secondary N) is 1. The van der Waals surface area contributed by atoms with E-state index in [9.17, 15) is 5.21 Å². The first-order chi connectivity index (χ1) is 8.90. The molecule has 0 bridgehead atoms. The van der Waals surface area contributed by atoms with Crippen LogP contribution in [0.3, 0.4) is 0 Å². The van der Waals surface area contributed by atoms with Crippen molar-refractivity contribution in [3.63, 3.8) is 0 Å². The van der Waals surface area contributed by atoms with Gasteiger partial charge in [-0.05, 0) is 41.1 Å². The van der Waals surface area contributed by atoms with Gasteiger partial charge >= 0.3 is 0 Å². The van der Waals surface area contributed by atoms with Crippen LogP contribution >= 0.6 is 39.1 Å². The van der Waals surface area contributed by atoms with Crippen molar-refractivity contribution >= 4 is 39.1 Å². The smallest absolute Gasteiger partial charge is 0.259 e. The Morgan fingerprint density at radius 3 is 2.74 bits per heavy atom. The SMILES string of the molecule is Cc1c(Br)c(Oc2ccc(Cl)cc2Cl)nc(=N)n1O. The molecule has 8 heteroatoms. The summed E-state index contributed by atoms with van der Waals surface area (Å²) in [6.45, 7) is 1.61. The van der Waals surface area contributed by atoms with Gasteiger partial charge in [0.2, 0.25) is 5.88 Å². The van der Waals surface area contributed by atoms with Gasteiger partial charge in [-0.2, -0.15) is 9.71 Å². The maximum Gasteiger partial charge on any atom is 0.259 e. The summed E-state index contributed by atoms with van der Waals surface area (Å²) in [7, 11) is 0. The molecule has 0 radical (unpaired) electrons. The Bertz CT molecular complexity index is 703. The van der Waals surface area contributed by atoms with Crippen LogP contribution < -0.4 is 10.4 Å². The molecular formula is C11H8BrCl2N3O2. The predicted molar refractivity (Wildman–Crippen MR) is 74.2 cm³/mol. The average Bonchev–Trinajstić information content (AvgIpc) is 2.36. The first kappa shape index (κ1) is 14.2. The molecule has 0 aliphatic rings. The Labute approximate surface area is 127 Å². The van der Waals surface area contributed by atoms with Crippen molar-refractivity contribution in [2.24, 2.45) is 0 Å². The number of nitrogens with zero attached hydrogens (tertiary/aromatic N) is 2. The number of benzene rings is 1. The minimum absolute atomic E-state index is 0.136. The second-order valence-corrected chi connectivity index (χ2v) is 5.27. The summed E-state index contributed by atoms with van der Waals surface area (Å²) in [5.74, 6) is 0.491. The molecular weight excluding hydrogens is 357 g/mol. The van der Waals surface area contributed by atoms with E-state index in [0.29, 0.717) is 30.7 Å². The van der Waals surface area contributed by atoms with E-state index in [2.05, 4.69) is 20.9 Å². The van der Waals surface area contributed by atoms with Gasteiger partial charge in [0.05, 0.1) is 10.7 Å². The molecule has 2 rings (SSSR count). The van der Waals surface area contributed by atoms with E-state index in [1.165, 1.54) is 6.07 Å². The topological polar surface area (TPSA) is 71.1 Å². The molecule has 1 aromatic heterocycles. The molecule has 0 fully saturated rings. The lowest BCUT2D eigenvalue weighted by Crippen LogP contribution is -2.24. The maximum atomic E-state index is 9.51. The highest BCUT2D eigenvalue weighted by atomic mass is 79.9. The number of hydrogen-bond donors (Lipinski definition) is 2. The van der Waals surface area contributed by atoms with E-state index in [1.807, 2.05) is 0 Å². The van der Waals surface area contributed by atoms with Crippen LogP contribution in [0.5, 0.6) is 11.6 Å². The van der Waals surface area contributed by atoms with Crippen molar-refractivity contribution in [1.82, 2.24) is 9.71 Å². The lowest BCUT2D eigenvalue weighted by atomic mass is 10.3. The fourth-order valence-corrected chi connectivity index (χ4v) is 2.11. The van der Waals surface area contributed by atoms with Gasteiger partial charge in [-0.1, -0.05) is 23.2 Å². The van der Waals surface area contributed by atoms with Crippen LogP contribution in [0.4, 0.5) is 0 Å². The molecule has 100 valence electrons. The van der Waals surface area contributed by atoms with E-state index >= 15 is 0 Å². The standard InChI is InChI=1S/C11H8BrCl2N3O2/c1-5-9(12)10(16-11(15)17(5)18)19-8-3-2-6(13)4-7(8)14/h2-4,15,18H,1H3. The molecule has 0 saturated carbocycles. The highest BCUT2D eigenvalue weighted by Crippen LogP contribution is 2.34. The summed E-state index contributed by atoms with van der Waals surface area (Å²) < 4.78 is 6.59. The maximum absolute atomic E-state index is 9.51. The van der Waals surface area contributed by atoms with Crippen LogP contribution in [0.2, 0.25) is 10.0 Å². The van der Waals surface area contributed by atoms with Gasteiger partial charge in [-0.25, -0.2) is 0 Å². The fourth-order valence-electron chi connectivity index (χ4n) is 1.33. The first-order valence-electron chi connectivity index (χ1n) is 5.06. The molecule has 0 aliphatic carbocycles. The second kappa shape index (κ2) is 5.40. The summed E-state index contributed by atoms with van der Waals surface area (Å²) >= 11 is 15.0. The zero-order valence-electron chi connectivity index (χ0n) is 9.62. The van der Waals surface area contributed by atoms with Crippen molar-refractivity contribution in [2.75, 3.05) is 0 Å². The predicted octanol–water partition coefficient (Wildman–Crippen LogP) is 3.77. The largest absolute Gasteiger partial charge is 0.436 e. The van der Waals surface area contributed by atoms with E-state index in [4.69, 9.17) is 33.3 Å². The van der Waals surface area contributed by atoms with Crippen molar-refractivity contribution in [2.45, 2.75) is 6.92 Å². The van der Waals surface area contributed by atoms with Gasteiger partial charge in [-0.3, -0.25) is 5.41 Å². The van der Waals surface area contributed by atoms with Gasteiger partial charge < -0.3 is 9.94 Å². The van der Waals surface area contributed by atoms with E-state index in [0.717, 1.165) is 0 Å². The molecule has 0 aliphatic heterocycles. The van der Waals surface area contributed by atoms with E-state index in [1.54, 1.807) is 19.1 Å². The molecule has 5 nitrogen and oxygen atoms in total. The molecule has 0 spiro atoms. The molecule has 0 saturated heterocycles. The lowest BCUT2D eigenvalue weighted by Gasteiger charge is -2.11. The van der Waals surface area contributed by atoms with Crippen LogP contribution in [-0.2, 0) is 0 Å². The summed E-state index contributed by atoms with van der Waals surface area (Å²) in [6.07, 6.45) is 0. The van der Waals surface area contributed by atoms with Crippen molar-refractivity contribution in [1.29, 1.82) is 5.41 Å². The number of ether oxygens (including phenoxy) is 1. The Morgan fingerprint density at radius 2 is 2.11 bits per heavy atom. The van der Waals surface area contributed by atoms with Crippen LogP contribution in [0.25, 0.3) is 0 Å². The fraction of sp³-hybridized carbons (Fsp3) is 0.0909. The number of rotatable bonds is 2. The van der Waals surface area contributed by atoms with Gasteiger partial charge in [-0.15, -0.1) is 0 Å². The Hall–Kier alpha value is -1.24. The minimum Gasteiger partial charge on any atom is -0.436 e. The number of halogens is 3. The first-order valence-corrected chi connectivity index (χ1v) is 6.61. The van der Waals surface area contributed by atoms with Gasteiger partial charge in [0.1, 0.15) is 10.2 Å². The normalized spacial score (nSPS) is 10.5. The third-order valence-corrected chi connectivity index (χ3v) is 3.78. The molecule has 2 aromatic rings. The van der Waals surface area contributed by atoms with Crippen LogP contribution in [0.1, 0.15) is 5.69 Å². The molecule has 0 atom stereocenters. The lowest BCUT2D eigenvalue weighted by molar-refractivity contribution is 0.155. The Morgan fingerprint density at radius 1 is 1.42 bits per heavy atom. The average molecular weight is 365 g/mol. The van der Waals surface area contributed by atoms with Crippen molar-refractivity contribution in [3.8, 4) is 11.6 Å². The summed E-state index contributed by atoms with van der Waals surface area (Å²) in [6, 6.07) is 4.76. The summed E-state index contributed by atoms with van der Waals surface area (Å²) in [5.41, 5.74) is 0.0425. The van der Waals surface area contributed by atoms with Gasteiger partial charge in [0.25, 0.3) is 5.62 Å². The third kappa shape index (κ3) is 2.86. The highest BCUT2D eigenvalue weighted by Gasteiger charge is 2.13. The highest BCUT2D eigenvalue weighted by molar-refractivity contribution is 9.10. The van der Waals surface area contributed by atoms with Gasteiger partial charge in [0, 0.05) is 5.02 Å². The minimum atomic E-state index is -0.346. The quantitative estimate of drug-likeness (QED) is 0.796. The Kier molecular flexibility index (Phi) is 4.03. The molecule has 19 heavy (non-hydrogen) atoms. The van der Waals surface area contributed by atoms with Gasteiger partial charge in [0.15, 0.2) is 0 Å². The molecule has 2 N–H and O–H groups in total. The van der Waals surface area contributed by atoms with Crippen molar-refractivity contribution < 1.29 is 9.94 Å². The zero-order valence-corrected chi connectivity index (χ0v) is 12.7. The van der Waals surface area contributed by atoms with E-state index < -0.39 is 0 Å². The second-order valence-electron chi connectivity index (χ2n) is 3.63. The summed E-state index contributed by atoms with van der Waals surface area (Å²) in [4.78, 5) is 3.81. The van der Waals surface area contributed by atoms with E-state index in [-0.39, 0.29) is 11.5 Å².